The van der Waals surface area contributed by atoms with E-state index >= 15 is 0 Å². The van der Waals surface area contributed by atoms with E-state index < -0.39 is 0 Å². The van der Waals surface area contributed by atoms with E-state index in [2.05, 4.69) is 12.1 Å². The average molecular weight is 177 g/mol. The van der Waals surface area contributed by atoms with E-state index in [1.165, 1.54) is 10.5 Å². The van der Waals surface area contributed by atoms with E-state index in [4.69, 9.17) is 0 Å². The predicted molar refractivity (Wildman–Crippen MR) is 49.9 cm³/mol. The number of hydrogen-bond acceptors (Lipinski definition) is 2. The number of carbonyl (C=O) groups excluding carboxylic acids is 1. The molecule has 1 nitrogen and oxygen atoms in total. The third kappa shape index (κ3) is 1.27. The topological polar surface area (TPSA) is 17.1 Å². The molecule has 0 unspecified atom stereocenters. The molecule has 0 atom stereocenters. The minimum atomic E-state index is 0.205. The highest BCUT2D eigenvalue weighted by atomic mass is 32.2. The smallest absolute Gasteiger partial charge is 0.148 e. The quantitative estimate of drug-likeness (QED) is 0.655. The summed E-state index contributed by atoms with van der Waals surface area (Å²) >= 11 is 1.61. The normalized spacial score (nSPS) is 16.1. The second kappa shape index (κ2) is 2.94. The third-order valence-electron chi connectivity index (χ3n) is 1.95. The van der Waals surface area contributed by atoms with E-state index in [1.807, 2.05) is 12.1 Å². The molecule has 1 aliphatic heterocycles. The van der Waals surface area contributed by atoms with Gasteiger partial charge in [-0.3, -0.25) is 4.79 Å². The van der Waals surface area contributed by atoms with Crippen molar-refractivity contribution in [3.8, 4) is 0 Å². The SMILES string of the molecule is CC(=O)[C]1Cc2ccccc2S1. The van der Waals surface area contributed by atoms with Gasteiger partial charge in [-0.05, 0) is 25.0 Å². The van der Waals surface area contributed by atoms with Gasteiger partial charge in [-0.1, -0.05) is 18.2 Å². The molecule has 0 aliphatic carbocycles. The molecule has 0 N–H and O–H groups in total. The lowest BCUT2D eigenvalue weighted by Gasteiger charge is -1.98. The number of thioether (sulfide) groups is 1. The number of hydrogen-bond donors (Lipinski definition) is 0. The summed E-state index contributed by atoms with van der Waals surface area (Å²) in [6.45, 7) is 1.63. The Morgan fingerprint density at radius 3 is 2.83 bits per heavy atom. The molecule has 0 bridgehead atoms. The Morgan fingerprint density at radius 1 is 1.42 bits per heavy atom. The second-order valence-electron chi connectivity index (χ2n) is 2.87. The maximum absolute atomic E-state index is 11.1. The first kappa shape index (κ1) is 7.87. The molecule has 61 valence electrons. The van der Waals surface area contributed by atoms with Gasteiger partial charge in [0.2, 0.25) is 0 Å². The molecule has 1 heterocycles. The summed E-state index contributed by atoms with van der Waals surface area (Å²) in [7, 11) is 0. The van der Waals surface area contributed by atoms with Crippen LogP contribution in [0, 0.1) is 5.25 Å². The van der Waals surface area contributed by atoms with Crippen molar-refractivity contribution in [2.24, 2.45) is 0 Å². The number of Topliss-reactive ketones (excluding diaryl/α,β-unsaturated/α-hetero) is 1. The van der Waals surface area contributed by atoms with Gasteiger partial charge in [0.1, 0.15) is 11.0 Å². The number of rotatable bonds is 1. The Morgan fingerprint density at radius 2 is 2.17 bits per heavy atom. The molecule has 2 heteroatoms. The summed E-state index contributed by atoms with van der Waals surface area (Å²) in [6.07, 6.45) is 0.830. The highest BCUT2D eigenvalue weighted by Gasteiger charge is 2.25. The molecule has 1 aromatic rings. The molecular formula is C10H9OS. The van der Waals surface area contributed by atoms with E-state index in [-0.39, 0.29) is 5.78 Å². The molecule has 12 heavy (non-hydrogen) atoms. The predicted octanol–water partition coefficient (Wildman–Crippen LogP) is 2.46. The average Bonchev–Trinajstić information content (AvgIpc) is 2.46. The lowest BCUT2D eigenvalue weighted by atomic mass is 10.1. The summed E-state index contributed by atoms with van der Waals surface area (Å²) in [5.74, 6) is 0.205. The highest BCUT2D eigenvalue weighted by Crippen LogP contribution is 2.41. The Bertz CT molecular complexity index is 294. The van der Waals surface area contributed by atoms with Gasteiger partial charge < -0.3 is 0 Å². The van der Waals surface area contributed by atoms with Crippen molar-refractivity contribution in [2.45, 2.75) is 18.2 Å². The summed E-state index contributed by atoms with van der Waals surface area (Å²) in [5.41, 5.74) is 1.28. The Labute approximate surface area is 76.2 Å². The maximum Gasteiger partial charge on any atom is 0.148 e. The summed E-state index contributed by atoms with van der Waals surface area (Å²) in [4.78, 5) is 12.3. The fraction of sp³-hybridized carbons (Fsp3) is 0.200. The van der Waals surface area contributed by atoms with E-state index in [9.17, 15) is 4.79 Å². The first-order valence-electron chi connectivity index (χ1n) is 3.90. The van der Waals surface area contributed by atoms with Crippen LogP contribution in [0.4, 0.5) is 0 Å². The van der Waals surface area contributed by atoms with Crippen molar-refractivity contribution in [2.75, 3.05) is 0 Å². The first-order chi connectivity index (χ1) is 5.77. The van der Waals surface area contributed by atoms with Crippen molar-refractivity contribution in [1.82, 2.24) is 0 Å². The molecule has 1 radical (unpaired) electrons. The van der Waals surface area contributed by atoms with Crippen molar-refractivity contribution in [1.29, 1.82) is 0 Å². The van der Waals surface area contributed by atoms with Crippen LogP contribution in [0.25, 0.3) is 0 Å². The van der Waals surface area contributed by atoms with Gasteiger partial charge in [-0.25, -0.2) is 0 Å². The zero-order valence-electron chi connectivity index (χ0n) is 6.83. The first-order valence-corrected chi connectivity index (χ1v) is 4.71. The van der Waals surface area contributed by atoms with Crippen LogP contribution >= 0.6 is 11.8 Å². The fourth-order valence-corrected chi connectivity index (χ4v) is 2.34. The minimum Gasteiger partial charge on any atom is -0.298 e. The number of benzene rings is 1. The van der Waals surface area contributed by atoms with Gasteiger partial charge in [0.05, 0.1) is 0 Å². The Balaban J connectivity index is 2.27. The maximum atomic E-state index is 11.1. The molecule has 0 saturated heterocycles. The lowest BCUT2D eigenvalue weighted by Crippen LogP contribution is -2.01. The molecule has 1 aromatic carbocycles. The monoisotopic (exact) mass is 177 g/mol. The van der Waals surface area contributed by atoms with Crippen LogP contribution in [0.15, 0.2) is 29.2 Å². The second-order valence-corrected chi connectivity index (χ2v) is 4.00. The Kier molecular flexibility index (Phi) is 1.93. The minimum absolute atomic E-state index is 0.205. The van der Waals surface area contributed by atoms with Crippen LogP contribution in [0.5, 0.6) is 0 Å². The largest absolute Gasteiger partial charge is 0.298 e. The molecular weight excluding hydrogens is 168 g/mol. The zero-order chi connectivity index (χ0) is 8.55. The van der Waals surface area contributed by atoms with Gasteiger partial charge in [0, 0.05) is 4.90 Å². The number of ketones is 1. The molecule has 0 amide bonds. The summed E-state index contributed by atoms with van der Waals surface area (Å²) in [6, 6.07) is 8.17. The van der Waals surface area contributed by atoms with Gasteiger partial charge in [0.25, 0.3) is 0 Å². The fourth-order valence-electron chi connectivity index (χ4n) is 1.29. The molecule has 0 fully saturated rings. The van der Waals surface area contributed by atoms with Crippen molar-refractivity contribution < 1.29 is 4.79 Å². The lowest BCUT2D eigenvalue weighted by molar-refractivity contribution is -0.114. The van der Waals surface area contributed by atoms with Crippen LogP contribution in [0.3, 0.4) is 0 Å². The highest BCUT2D eigenvalue weighted by molar-refractivity contribution is 8.03. The number of fused-ring (bicyclic) bond motifs is 1. The standard InChI is InChI=1S/C10H9OS/c1-7(11)10-6-8-4-2-3-5-9(8)12-10/h2-5H,6H2,1H3. The van der Waals surface area contributed by atoms with E-state index in [0.717, 1.165) is 11.7 Å². The van der Waals surface area contributed by atoms with Crippen LogP contribution in [0.1, 0.15) is 12.5 Å². The third-order valence-corrected chi connectivity index (χ3v) is 3.25. The number of carbonyl (C=O) groups is 1. The molecule has 1 aliphatic rings. The van der Waals surface area contributed by atoms with E-state index in [1.54, 1.807) is 18.7 Å². The van der Waals surface area contributed by atoms with Crippen molar-refractivity contribution in [3.05, 3.63) is 35.1 Å². The zero-order valence-corrected chi connectivity index (χ0v) is 7.65. The van der Waals surface area contributed by atoms with Crippen LogP contribution in [0.2, 0.25) is 0 Å². The van der Waals surface area contributed by atoms with Crippen LogP contribution in [-0.2, 0) is 11.2 Å². The van der Waals surface area contributed by atoms with Gasteiger partial charge in [0.15, 0.2) is 0 Å². The molecule has 0 spiro atoms. The van der Waals surface area contributed by atoms with Crippen LogP contribution < -0.4 is 0 Å². The van der Waals surface area contributed by atoms with Gasteiger partial charge >= 0.3 is 0 Å². The van der Waals surface area contributed by atoms with Gasteiger partial charge in [-0.2, -0.15) is 0 Å². The van der Waals surface area contributed by atoms with Crippen LogP contribution in [-0.4, -0.2) is 5.78 Å². The Hall–Kier alpha value is -0.760. The van der Waals surface area contributed by atoms with Crippen molar-refractivity contribution in [3.63, 3.8) is 0 Å². The summed E-state index contributed by atoms with van der Waals surface area (Å²) in [5, 5.41) is 0.969. The van der Waals surface area contributed by atoms with E-state index in [0.29, 0.717) is 0 Å². The molecule has 0 saturated carbocycles. The summed E-state index contributed by atoms with van der Waals surface area (Å²) < 4.78 is 0. The van der Waals surface area contributed by atoms with Gasteiger partial charge in [-0.15, -0.1) is 11.8 Å². The van der Waals surface area contributed by atoms with Crippen molar-refractivity contribution >= 4 is 17.5 Å². The molecule has 0 aromatic heterocycles. The molecule has 2 rings (SSSR count).